The Morgan fingerprint density at radius 2 is 2.22 bits per heavy atom. The van der Waals surface area contributed by atoms with Gasteiger partial charge in [-0.1, -0.05) is 0 Å². The second-order valence-corrected chi connectivity index (χ2v) is 2.65. The first-order chi connectivity index (χ1) is 4.22. The molecule has 1 aliphatic heterocycles. The molecule has 9 heavy (non-hydrogen) atoms. The Labute approximate surface area is 55.7 Å². The molecule has 54 valence electrons. The largest absolute Gasteiger partial charge is 0.377 e. The summed E-state index contributed by atoms with van der Waals surface area (Å²) < 4.78 is 0. The Kier molecular flexibility index (Phi) is 2.05. The van der Waals surface area contributed by atoms with Crippen molar-refractivity contribution in [1.82, 2.24) is 10.2 Å². The fraction of sp³-hybridized carbons (Fsp3) is 1.00. The van der Waals surface area contributed by atoms with E-state index in [-0.39, 0.29) is 6.23 Å². The van der Waals surface area contributed by atoms with Crippen molar-refractivity contribution in [3.8, 4) is 0 Å². The molecule has 1 heterocycles. The quantitative estimate of drug-likeness (QED) is 0.452. The SMILES string of the molecule is CC1CNCC(O)N1C. The van der Waals surface area contributed by atoms with Crippen molar-refractivity contribution >= 4 is 0 Å². The van der Waals surface area contributed by atoms with E-state index in [0.29, 0.717) is 12.6 Å². The summed E-state index contributed by atoms with van der Waals surface area (Å²) in [6.45, 7) is 3.77. The molecule has 3 heteroatoms. The standard InChI is InChI=1S/C6H14N2O/c1-5-3-7-4-6(9)8(5)2/h5-7,9H,3-4H2,1-2H3. The van der Waals surface area contributed by atoms with E-state index in [0.717, 1.165) is 6.54 Å². The maximum atomic E-state index is 9.21. The van der Waals surface area contributed by atoms with Crippen molar-refractivity contribution in [2.75, 3.05) is 20.1 Å². The minimum atomic E-state index is -0.297. The van der Waals surface area contributed by atoms with E-state index in [1.807, 2.05) is 11.9 Å². The number of nitrogens with one attached hydrogen (secondary N) is 1. The summed E-state index contributed by atoms with van der Waals surface area (Å²) in [7, 11) is 1.94. The van der Waals surface area contributed by atoms with Crippen LogP contribution in [0.4, 0.5) is 0 Å². The van der Waals surface area contributed by atoms with Crippen molar-refractivity contribution < 1.29 is 5.11 Å². The lowest BCUT2D eigenvalue weighted by Crippen LogP contribution is -2.54. The molecule has 0 radical (unpaired) electrons. The first-order valence-electron chi connectivity index (χ1n) is 3.32. The van der Waals surface area contributed by atoms with Crippen LogP contribution in [0.5, 0.6) is 0 Å². The fourth-order valence-electron chi connectivity index (χ4n) is 1.00. The second-order valence-electron chi connectivity index (χ2n) is 2.65. The van der Waals surface area contributed by atoms with Gasteiger partial charge in [-0.05, 0) is 14.0 Å². The zero-order valence-electron chi connectivity index (χ0n) is 5.96. The molecule has 1 aliphatic rings. The van der Waals surface area contributed by atoms with Crippen LogP contribution in [0.1, 0.15) is 6.92 Å². The molecule has 2 unspecified atom stereocenters. The molecular formula is C6H14N2O. The number of likely N-dealkylation sites (N-methyl/N-ethyl adjacent to an activating group) is 1. The zero-order valence-corrected chi connectivity index (χ0v) is 5.96. The highest BCUT2D eigenvalue weighted by atomic mass is 16.3. The summed E-state index contributed by atoms with van der Waals surface area (Å²) in [5.41, 5.74) is 0. The molecule has 3 nitrogen and oxygen atoms in total. The second kappa shape index (κ2) is 2.64. The van der Waals surface area contributed by atoms with Gasteiger partial charge in [0.2, 0.25) is 0 Å². The van der Waals surface area contributed by atoms with Gasteiger partial charge in [0.1, 0.15) is 6.23 Å². The van der Waals surface area contributed by atoms with Gasteiger partial charge in [0.05, 0.1) is 0 Å². The lowest BCUT2D eigenvalue weighted by Gasteiger charge is -2.34. The lowest BCUT2D eigenvalue weighted by atomic mass is 10.2. The predicted octanol–water partition coefficient (Wildman–Crippen LogP) is -0.772. The van der Waals surface area contributed by atoms with Crippen LogP contribution in [0.15, 0.2) is 0 Å². The molecule has 0 saturated carbocycles. The van der Waals surface area contributed by atoms with E-state index in [4.69, 9.17) is 0 Å². The summed E-state index contributed by atoms with van der Waals surface area (Å²) in [5, 5.41) is 12.3. The van der Waals surface area contributed by atoms with E-state index >= 15 is 0 Å². The number of piperazine rings is 1. The molecule has 0 amide bonds. The van der Waals surface area contributed by atoms with Crippen molar-refractivity contribution in [2.45, 2.75) is 19.2 Å². The van der Waals surface area contributed by atoms with Crippen LogP contribution in [0, 0.1) is 0 Å². The highest BCUT2D eigenvalue weighted by Crippen LogP contribution is 2.02. The molecule has 2 N–H and O–H groups in total. The van der Waals surface area contributed by atoms with Gasteiger partial charge in [0, 0.05) is 19.1 Å². The number of nitrogens with zero attached hydrogens (tertiary/aromatic N) is 1. The van der Waals surface area contributed by atoms with Gasteiger partial charge in [0.15, 0.2) is 0 Å². The van der Waals surface area contributed by atoms with Gasteiger partial charge in [-0.2, -0.15) is 0 Å². The molecular weight excluding hydrogens is 116 g/mol. The lowest BCUT2D eigenvalue weighted by molar-refractivity contribution is -0.0214. The van der Waals surface area contributed by atoms with Gasteiger partial charge in [-0.15, -0.1) is 0 Å². The van der Waals surface area contributed by atoms with Crippen LogP contribution in [0.3, 0.4) is 0 Å². The van der Waals surface area contributed by atoms with Crippen LogP contribution < -0.4 is 5.32 Å². The minimum absolute atomic E-state index is 0.297. The van der Waals surface area contributed by atoms with E-state index in [1.165, 1.54) is 0 Å². The average molecular weight is 130 g/mol. The van der Waals surface area contributed by atoms with Gasteiger partial charge in [-0.3, -0.25) is 4.90 Å². The smallest absolute Gasteiger partial charge is 0.120 e. The number of hydrogen-bond acceptors (Lipinski definition) is 3. The third-order valence-electron chi connectivity index (χ3n) is 1.93. The van der Waals surface area contributed by atoms with Gasteiger partial charge < -0.3 is 10.4 Å². The van der Waals surface area contributed by atoms with Crippen molar-refractivity contribution in [3.05, 3.63) is 0 Å². The Bertz CT molecular complexity index is 87.1. The Balaban J connectivity index is 2.41. The first kappa shape index (κ1) is 6.99. The van der Waals surface area contributed by atoms with E-state index in [2.05, 4.69) is 12.2 Å². The van der Waals surface area contributed by atoms with E-state index in [1.54, 1.807) is 0 Å². The highest BCUT2D eigenvalue weighted by Gasteiger charge is 2.20. The van der Waals surface area contributed by atoms with E-state index in [9.17, 15) is 5.11 Å². The maximum Gasteiger partial charge on any atom is 0.120 e. The normalized spacial score (nSPS) is 39.0. The average Bonchev–Trinajstić information content (AvgIpc) is 1.83. The number of aliphatic hydroxyl groups is 1. The monoisotopic (exact) mass is 130 g/mol. The van der Waals surface area contributed by atoms with Crippen molar-refractivity contribution in [1.29, 1.82) is 0 Å². The maximum absolute atomic E-state index is 9.21. The van der Waals surface area contributed by atoms with Crippen molar-refractivity contribution in [2.24, 2.45) is 0 Å². The van der Waals surface area contributed by atoms with Crippen LogP contribution in [0.25, 0.3) is 0 Å². The van der Waals surface area contributed by atoms with Crippen LogP contribution in [-0.2, 0) is 0 Å². The predicted molar refractivity (Wildman–Crippen MR) is 36.1 cm³/mol. The van der Waals surface area contributed by atoms with Crippen LogP contribution >= 0.6 is 0 Å². The molecule has 0 aromatic heterocycles. The third kappa shape index (κ3) is 1.41. The Hall–Kier alpha value is -0.120. The van der Waals surface area contributed by atoms with Crippen LogP contribution in [0.2, 0.25) is 0 Å². The van der Waals surface area contributed by atoms with Gasteiger partial charge >= 0.3 is 0 Å². The molecule has 0 spiro atoms. The summed E-state index contributed by atoms with van der Waals surface area (Å²) in [5.74, 6) is 0. The molecule has 0 aliphatic carbocycles. The summed E-state index contributed by atoms with van der Waals surface area (Å²) in [6, 6.07) is 0.453. The van der Waals surface area contributed by atoms with Crippen molar-refractivity contribution in [3.63, 3.8) is 0 Å². The molecule has 1 saturated heterocycles. The van der Waals surface area contributed by atoms with Crippen LogP contribution in [-0.4, -0.2) is 42.4 Å². The number of rotatable bonds is 0. The molecule has 1 fully saturated rings. The first-order valence-corrected chi connectivity index (χ1v) is 3.32. The third-order valence-corrected chi connectivity index (χ3v) is 1.93. The topological polar surface area (TPSA) is 35.5 Å². The summed E-state index contributed by atoms with van der Waals surface area (Å²) in [4.78, 5) is 1.97. The molecule has 2 atom stereocenters. The number of β-amino-alcohol motifs (C(OH)–C–C–N with tert-alkyl or cyclic N) is 1. The zero-order chi connectivity index (χ0) is 6.85. The number of hydrogen-bond donors (Lipinski definition) is 2. The molecule has 0 aromatic rings. The minimum Gasteiger partial charge on any atom is -0.377 e. The molecule has 0 aromatic carbocycles. The highest BCUT2D eigenvalue weighted by molar-refractivity contribution is 4.75. The van der Waals surface area contributed by atoms with E-state index < -0.39 is 0 Å². The van der Waals surface area contributed by atoms with Gasteiger partial charge in [-0.25, -0.2) is 0 Å². The molecule has 1 rings (SSSR count). The summed E-state index contributed by atoms with van der Waals surface area (Å²) >= 11 is 0. The Morgan fingerprint density at radius 3 is 2.67 bits per heavy atom. The van der Waals surface area contributed by atoms with Gasteiger partial charge in [0.25, 0.3) is 0 Å². The fourth-order valence-corrected chi connectivity index (χ4v) is 1.00. The molecule has 0 bridgehead atoms. The number of aliphatic hydroxyl groups excluding tert-OH is 1. The Morgan fingerprint density at radius 1 is 1.56 bits per heavy atom. The summed E-state index contributed by atoms with van der Waals surface area (Å²) in [6.07, 6.45) is -0.297.